The highest BCUT2D eigenvalue weighted by Gasteiger charge is 2.33. The Morgan fingerprint density at radius 1 is 1.05 bits per heavy atom. The normalized spacial score (nSPS) is 14.7. The summed E-state index contributed by atoms with van der Waals surface area (Å²) >= 11 is 2.84. The molecule has 0 saturated heterocycles. The van der Waals surface area contributed by atoms with E-state index in [1.165, 1.54) is 25.4 Å². The standard InChI is InChI=1S/C32H28N2O6S2/c1-19-28(31(37)39-18-21-8-6-5-7-9-21)29(23-11-13-24(41-4)14-12-23)34-30(36)27(42-32(34)33-19)17-22-10-15-25(40-20(2)35)26(16-22)38-3/h5-17,29H,18H2,1-4H3. The van der Waals surface area contributed by atoms with E-state index in [0.29, 0.717) is 31.9 Å². The van der Waals surface area contributed by atoms with Gasteiger partial charge in [-0.1, -0.05) is 59.9 Å². The van der Waals surface area contributed by atoms with Crippen molar-refractivity contribution < 1.29 is 23.8 Å². The van der Waals surface area contributed by atoms with Crippen molar-refractivity contribution in [3.63, 3.8) is 0 Å². The van der Waals surface area contributed by atoms with E-state index in [4.69, 9.17) is 14.2 Å². The maximum atomic E-state index is 13.9. The van der Waals surface area contributed by atoms with Crippen molar-refractivity contribution in [1.29, 1.82) is 0 Å². The molecule has 1 aliphatic rings. The van der Waals surface area contributed by atoms with Crippen LogP contribution in [-0.2, 0) is 20.9 Å². The molecule has 0 fully saturated rings. The number of rotatable bonds is 8. The minimum atomic E-state index is -0.719. The number of nitrogens with zero attached hydrogens (tertiary/aromatic N) is 2. The fourth-order valence-electron chi connectivity index (χ4n) is 4.65. The molecule has 0 N–H and O–H groups in total. The van der Waals surface area contributed by atoms with Gasteiger partial charge in [0, 0.05) is 11.8 Å². The number of fused-ring (bicyclic) bond motifs is 1. The topological polar surface area (TPSA) is 96.2 Å². The lowest BCUT2D eigenvalue weighted by Gasteiger charge is -2.25. The minimum Gasteiger partial charge on any atom is -0.493 e. The molecule has 1 aromatic heterocycles. The maximum Gasteiger partial charge on any atom is 0.338 e. The third-order valence-electron chi connectivity index (χ3n) is 6.63. The van der Waals surface area contributed by atoms with Crippen molar-refractivity contribution in [3.8, 4) is 11.5 Å². The molecule has 214 valence electrons. The summed E-state index contributed by atoms with van der Waals surface area (Å²) in [6, 6.07) is 21.5. The molecule has 5 rings (SSSR count). The second-order valence-electron chi connectivity index (χ2n) is 9.42. The summed E-state index contributed by atoms with van der Waals surface area (Å²) in [6.07, 6.45) is 3.72. The highest BCUT2D eigenvalue weighted by Crippen LogP contribution is 2.32. The Hall–Kier alpha value is -4.41. The number of thiazole rings is 1. The summed E-state index contributed by atoms with van der Waals surface area (Å²) < 4.78 is 18.3. The van der Waals surface area contributed by atoms with E-state index >= 15 is 0 Å². The van der Waals surface area contributed by atoms with Crippen LogP contribution in [0.3, 0.4) is 0 Å². The largest absolute Gasteiger partial charge is 0.493 e. The average molecular weight is 601 g/mol. The van der Waals surface area contributed by atoms with E-state index in [1.54, 1.807) is 47.5 Å². The first-order valence-corrected chi connectivity index (χ1v) is 15.1. The number of methoxy groups -OCH3 is 1. The van der Waals surface area contributed by atoms with Crippen LogP contribution >= 0.6 is 23.1 Å². The molecule has 3 aromatic carbocycles. The predicted octanol–water partition coefficient (Wildman–Crippen LogP) is 4.63. The molecule has 4 aromatic rings. The van der Waals surface area contributed by atoms with Crippen LogP contribution in [0.25, 0.3) is 6.08 Å². The van der Waals surface area contributed by atoms with Crippen LogP contribution in [0, 0.1) is 0 Å². The van der Waals surface area contributed by atoms with Crippen LogP contribution in [0.5, 0.6) is 11.5 Å². The van der Waals surface area contributed by atoms with Gasteiger partial charge in [0.05, 0.1) is 29.0 Å². The summed E-state index contributed by atoms with van der Waals surface area (Å²) in [4.78, 5) is 45.2. The fourth-order valence-corrected chi connectivity index (χ4v) is 6.10. The fraction of sp³-hybridized carbons (Fsp3) is 0.188. The lowest BCUT2D eigenvalue weighted by atomic mass is 9.96. The smallest absolute Gasteiger partial charge is 0.338 e. The number of esters is 2. The Bertz CT molecular complexity index is 1860. The summed E-state index contributed by atoms with van der Waals surface area (Å²) in [5, 5.41) is 0. The van der Waals surface area contributed by atoms with E-state index < -0.39 is 18.0 Å². The van der Waals surface area contributed by atoms with Gasteiger partial charge in [-0.3, -0.25) is 14.2 Å². The first kappa shape index (κ1) is 29.1. The molecular formula is C32H28N2O6S2. The quantitative estimate of drug-likeness (QED) is 0.165. The molecule has 2 heterocycles. The number of carbonyl (C=O) groups excluding carboxylic acids is 2. The highest BCUT2D eigenvalue weighted by atomic mass is 32.2. The van der Waals surface area contributed by atoms with Gasteiger partial charge in [-0.25, -0.2) is 9.79 Å². The van der Waals surface area contributed by atoms with E-state index in [9.17, 15) is 14.4 Å². The summed E-state index contributed by atoms with van der Waals surface area (Å²) in [5.74, 6) is -0.350. The van der Waals surface area contributed by atoms with Gasteiger partial charge < -0.3 is 14.2 Å². The Kier molecular flexibility index (Phi) is 8.75. The molecule has 1 atom stereocenters. The monoisotopic (exact) mass is 600 g/mol. The zero-order valence-corrected chi connectivity index (χ0v) is 25.1. The predicted molar refractivity (Wildman–Crippen MR) is 163 cm³/mol. The number of hydrogen-bond donors (Lipinski definition) is 0. The van der Waals surface area contributed by atoms with Crippen molar-refractivity contribution >= 4 is 41.1 Å². The zero-order valence-electron chi connectivity index (χ0n) is 23.5. The van der Waals surface area contributed by atoms with Crippen LogP contribution in [0.15, 0.2) is 98.7 Å². The molecule has 42 heavy (non-hydrogen) atoms. The Labute approximate surface area is 250 Å². The van der Waals surface area contributed by atoms with Crippen molar-refractivity contribution in [2.45, 2.75) is 31.4 Å². The second kappa shape index (κ2) is 12.6. The van der Waals surface area contributed by atoms with E-state index in [-0.39, 0.29) is 17.9 Å². The van der Waals surface area contributed by atoms with Crippen molar-refractivity contribution in [2.75, 3.05) is 13.4 Å². The number of carbonyl (C=O) groups is 2. The van der Waals surface area contributed by atoms with E-state index in [1.807, 2.05) is 60.9 Å². The first-order chi connectivity index (χ1) is 20.3. The Morgan fingerprint density at radius 3 is 2.45 bits per heavy atom. The number of ether oxygens (including phenoxy) is 3. The Balaban J connectivity index is 1.59. The molecule has 0 saturated carbocycles. The molecule has 0 aliphatic carbocycles. The van der Waals surface area contributed by atoms with Gasteiger partial charge >= 0.3 is 11.9 Å². The van der Waals surface area contributed by atoms with Crippen molar-refractivity contribution in [1.82, 2.24) is 4.57 Å². The van der Waals surface area contributed by atoms with Crippen LogP contribution in [0.1, 0.15) is 36.6 Å². The van der Waals surface area contributed by atoms with E-state index in [2.05, 4.69) is 4.99 Å². The summed E-state index contributed by atoms with van der Waals surface area (Å²) in [6.45, 7) is 3.18. The lowest BCUT2D eigenvalue weighted by Crippen LogP contribution is -2.39. The van der Waals surface area contributed by atoms with Gasteiger partial charge in [0.25, 0.3) is 5.56 Å². The molecule has 0 radical (unpaired) electrons. The summed E-state index contributed by atoms with van der Waals surface area (Å²) in [7, 11) is 1.48. The van der Waals surface area contributed by atoms with Gasteiger partial charge in [0.1, 0.15) is 6.61 Å². The molecule has 0 amide bonds. The number of allylic oxidation sites excluding steroid dienone is 1. The maximum absolute atomic E-state index is 13.9. The number of benzene rings is 3. The van der Waals surface area contributed by atoms with Crippen molar-refractivity contribution in [3.05, 3.63) is 120 Å². The number of hydrogen-bond acceptors (Lipinski definition) is 9. The van der Waals surface area contributed by atoms with Gasteiger partial charge in [0.15, 0.2) is 16.3 Å². The molecule has 0 spiro atoms. The lowest BCUT2D eigenvalue weighted by molar-refractivity contribution is -0.141. The first-order valence-electron chi connectivity index (χ1n) is 13.0. The number of thioether (sulfide) groups is 1. The van der Waals surface area contributed by atoms with Gasteiger partial charge in [-0.15, -0.1) is 11.8 Å². The average Bonchev–Trinajstić information content (AvgIpc) is 3.30. The molecule has 1 aliphatic heterocycles. The van der Waals surface area contributed by atoms with Crippen LogP contribution in [-0.4, -0.2) is 29.9 Å². The molecule has 8 nitrogen and oxygen atoms in total. The molecule has 1 unspecified atom stereocenters. The molecule has 0 bridgehead atoms. The zero-order chi connectivity index (χ0) is 29.8. The molecular weight excluding hydrogens is 572 g/mol. The van der Waals surface area contributed by atoms with Gasteiger partial charge in [0.2, 0.25) is 0 Å². The van der Waals surface area contributed by atoms with Crippen LogP contribution < -0.4 is 24.4 Å². The van der Waals surface area contributed by atoms with Crippen molar-refractivity contribution in [2.24, 2.45) is 4.99 Å². The van der Waals surface area contributed by atoms with Gasteiger partial charge in [-0.05, 0) is 60.2 Å². The molecule has 10 heteroatoms. The number of aromatic nitrogens is 1. The highest BCUT2D eigenvalue weighted by molar-refractivity contribution is 7.98. The Morgan fingerprint density at radius 2 is 1.79 bits per heavy atom. The second-order valence-corrected chi connectivity index (χ2v) is 11.3. The van der Waals surface area contributed by atoms with Crippen LogP contribution in [0.4, 0.5) is 0 Å². The van der Waals surface area contributed by atoms with Gasteiger partial charge in [-0.2, -0.15) is 0 Å². The third kappa shape index (κ3) is 6.09. The van der Waals surface area contributed by atoms with E-state index in [0.717, 1.165) is 16.0 Å². The minimum absolute atomic E-state index is 0.101. The van der Waals surface area contributed by atoms with Crippen LogP contribution in [0.2, 0.25) is 0 Å². The third-order valence-corrected chi connectivity index (χ3v) is 8.35. The SMILES string of the molecule is COc1cc(C=c2sc3n(c2=O)C(c2ccc(SC)cc2)C(C(=O)OCc2ccccc2)=C(C)N=3)ccc1OC(C)=O. The summed E-state index contributed by atoms with van der Waals surface area (Å²) in [5.41, 5.74) is 2.82.